The fraction of sp³-hybridized carbons (Fsp3) is 0.214. The van der Waals surface area contributed by atoms with Gasteiger partial charge in [0.15, 0.2) is 15.1 Å². The maximum Gasteiger partial charge on any atom is 0.409 e. The van der Waals surface area contributed by atoms with E-state index in [0.29, 0.717) is 0 Å². The van der Waals surface area contributed by atoms with E-state index >= 15 is 0 Å². The number of amides is 3. The number of nitrogens with zero attached hydrogens (tertiary/aromatic N) is 2. The molecule has 0 bridgehead atoms. The Morgan fingerprint density at radius 2 is 1.31 bits per heavy atom. The summed E-state index contributed by atoms with van der Waals surface area (Å²) in [6, 6.07) is 21.6. The molecule has 3 amide bonds. The Hall–Kier alpha value is -4.51. The standard InChI is InChI=1S/C28H22N2O8S/c31-25-21-11-5-6-12-22(21)26(32)30(25)38-27(33)24-15-29(13-14-39(24,35)36)28(34)37-16-23-19-9-3-1-7-17(19)18-8-2-4-10-20(18)23/h1-12,23-24H,13-16H2. The lowest BCUT2D eigenvalue weighted by molar-refractivity contribution is -0.168. The molecule has 0 aromatic heterocycles. The fourth-order valence-electron chi connectivity index (χ4n) is 5.26. The molecule has 1 unspecified atom stereocenters. The lowest BCUT2D eigenvalue weighted by Gasteiger charge is -2.31. The Kier molecular flexibility index (Phi) is 5.95. The molecule has 3 aromatic carbocycles. The van der Waals surface area contributed by atoms with Crippen molar-refractivity contribution in [2.75, 3.05) is 25.4 Å². The SMILES string of the molecule is O=C(ON1C(=O)c2ccccc2C1=O)C1CN(C(=O)OCC2c3ccccc3-c3ccccc32)CCS1(=O)=O. The van der Waals surface area contributed by atoms with E-state index in [4.69, 9.17) is 9.57 Å². The molecular formula is C28H22N2O8S. The van der Waals surface area contributed by atoms with Crippen LogP contribution in [-0.2, 0) is 24.2 Å². The number of ether oxygens (including phenoxy) is 1. The number of fused-ring (bicyclic) bond motifs is 4. The van der Waals surface area contributed by atoms with Crippen molar-refractivity contribution in [3.63, 3.8) is 0 Å². The van der Waals surface area contributed by atoms with Gasteiger partial charge in [0.05, 0.1) is 23.4 Å². The number of sulfone groups is 1. The van der Waals surface area contributed by atoms with Crippen LogP contribution in [0.15, 0.2) is 72.8 Å². The highest BCUT2D eigenvalue weighted by Crippen LogP contribution is 2.44. The number of hydroxylamine groups is 2. The summed E-state index contributed by atoms with van der Waals surface area (Å²) in [5, 5.41) is -1.52. The van der Waals surface area contributed by atoms with Crippen LogP contribution in [0, 0.1) is 0 Å². The molecule has 3 aromatic rings. The molecule has 39 heavy (non-hydrogen) atoms. The molecule has 10 nitrogen and oxygen atoms in total. The maximum atomic E-state index is 13.0. The van der Waals surface area contributed by atoms with E-state index in [2.05, 4.69) is 0 Å². The van der Waals surface area contributed by atoms with Crippen LogP contribution >= 0.6 is 0 Å². The summed E-state index contributed by atoms with van der Waals surface area (Å²) in [7, 11) is -4.02. The fourth-order valence-corrected chi connectivity index (χ4v) is 6.76. The molecule has 2 aliphatic heterocycles. The molecular weight excluding hydrogens is 524 g/mol. The molecule has 11 heteroatoms. The van der Waals surface area contributed by atoms with Gasteiger partial charge >= 0.3 is 12.1 Å². The highest BCUT2D eigenvalue weighted by molar-refractivity contribution is 7.92. The van der Waals surface area contributed by atoms with Crippen molar-refractivity contribution in [2.45, 2.75) is 11.2 Å². The van der Waals surface area contributed by atoms with E-state index < -0.39 is 51.3 Å². The van der Waals surface area contributed by atoms with E-state index in [-0.39, 0.29) is 35.3 Å². The molecule has 1 fully saturated rings. The highest BCUT2D eigenvalue weighted by Gasteiger charge is 2.46. The largest absolute Gasteiger partial charge is 0.448 e. The van der Waals surface area contributed by atoms with Gasteiger partial charge in [-0.1, -0.05) is 65.7 Å². The van der Waals surface area contributed by atoms with Gasteiger partial charge in [-0.15, -0.1) is 0 Å². The predicted molar refractivity (Wildman–Crippen MR) is 137 cm³/mol. The normalized spacial score (nSPS) is 19.3. The average molecular weight is 547 g/mol. The zero-order valence-corrected chi connectivity index (χ0v) is 21.3. The summed E-state index contributed by atoms with van der Waals surface area (Å²) >= 11 is 0. The van der Waals surface area contributed by atoms with Gasteiger partial charge in [-0.05, 0) is 34.4 Å². The van der Waals surface area contributed by atoms with Crippen LogP contribution in [-0.4, -0.2) is 73.0 Å². The van der Waals surface area contributed by atoms with Gasteiger partial charge in [-0.25, -0.2) is 18.0 Å². The van der Waals surface area contributed by atoms with Crippen LogP contribution in [0.25, 0.3) is 11.1 Å². The lowest BCUT2D eigenvalue weighted by atomic mass is 9.98. The minimum absolute atomic E-state index is 0.0280. The van der Waals surface area contributed by atoms with E-state index in [9.17, 15) is 27.6 Å². The second-order valence-electron chi connectivity index (χ2n) is 9.47. The Bertz CT molecular complexity index is 1570. The molecule has 2 heterocycles. The quantitative estimate of drug-likeness (QED) is 0.457. The number of benzene rings is 3. The van der Waals surface area contributed by atoms with Gasteiger partial charge in [0.1, 0.15) is 6.61 Å². The third-order valence-corrected chi connectivity index (χ3v) is 9.22. The topological polar surface area (TPSA) is 127 Å². The molecule has 1 aliphatic carbocycles. The molecule has 1 saturated heterocycles. The molecule has 0 saturated carbocycles. The zero-order valence-electron chi connectivity index (χ0n) is 20.5. The minimum Gasteiger partial charge on any atom is -0.448 e. The summed E-state index contributed by atoms with van der Waals surface area (Å²) in [6.07, 6.45) is -0.773. The summed E-state index contributed by atoms with van der Waals surface area (Å²) in [5.41, 5.74) is 4.26. The summed E-state index contributed by atoms with van der Waals surface area (Å²) in [4.78, 5) is 57.1. The smallest absolute Gasteiger partial charge is 0.409 e. The Morgan fingerprint density at radius 3 is 1.87 bits per heavy atom. The van der Waals surface area contributed by atoms with Crippen LogP contribution in [0.4, 0.5) is 4.79 Å². The number of carbonyl (C=O) groups is 4. The van der Waals surface area contributed by atoms with E-state index in [1.165, 1.54) is 12.1 Å². The molecule has 198 valence electrons. The average Bonchev–Trinajstić information content (AvgIpc) is 3.39. The zero-order chi connectivity index (χ0) is 27.3. The molecule has 6 rings (SSSR count). The van der Waals surface area contributed by atoms with Gasteiger partial charge in [0.25, 0.3) is 11.8 Å². The van der Waals surface area contributed by atoms with Crippen molar-refractivity contribution in [1.82, 2.24) is 9.96 Å². The summed E-state index contributed by atoms with van der Waals surface area (Å²) in [5.74, 6) is -3.75. The van der Waals surface area contributed by atoms with Crippen LogP contribution in [0.5, 0.6) is 0 Å². The highest BCUT2D eigenvalue weighted by atomic mass is 32.2. The van der Waals surface area contributed by atoms with Crippen LogP contribution < -0.4 is 0 Å². The molecule has 0 N–H and O–H groups in total. The Balaban J connectivity index is 1.14. The monoisotopic (exact) mass is 546 g/mol. The summed E-state index contributed by atoms with van der Waals surface area (Å²) < 4.78 is 31.0. The first-order valence-electron chi connectivity index (χ1n) is 12.3. The van der Waals surface area contributed by atoms with Gasteiger partial charge in [0.2, 0.25) is 0 Å². The third-order valence-electron chi connectivity index (χ3n) is 7.26. The maximum absolute atomic E-state index is 13.0. The van der Waals surface area contributed by atoms with Gasteiger partial charge in [0, 0.05) is 12.5 Å². The van der Waals surface area contributed by atoms with Crippen molar-refractivity contribution in [3.05, 3.63) is 95.1 Å². The predicted octanol–water partition coefficient (Wildman–Crippen LogP) is 2.79. The number of rotatable bonds is 4. The molecule has 1 atom stereocenters. The number of imide groups is 1. The molecule has 0 spiro atoms. The van der Waals surface area contributed by atoms with Crippen molar-refractivity contribution in [3.8, 4) is 11.1 Å². The first-order valence-corrected chi connectivity index (χ1v) is 14.0. The van der Waals surface area contributed by atoms with E-state index in [0.717, 1.165) is 27.2 Å². The third kappa shape index (κ3) is 4.15. The Morgan fingerprint density at radius 1 is 0.795 bits per heavy atom. The van der Waals surface area contributed by atoms with Gasteiger partial charge in [-0.2, -0.15) is 0 Å². The lowest BCUT2D eigenvalue weighted by Crippen LogP contribution is -2.54. The number of hydrogen-bond donors (Lipinski definition) is 0. The van der Waals surface area contributed by atoms with E-state index in [1.807, 2.05) is 48.5 Å². The molecule has 3 aliphatic rings. The van der Waals surface area contributed by atoms with Crippen molar-refractivity contribution in [1.29, 1.82) is 0 Å². The number of hydrogen-bond acceptors (Lipinski definition) is 8. The summed E-state index contributed by atoms with van der Waals surface area (Å²) in [6.45, 7) is -0.670. The van der Waals surface area contributed by atoms with Crippen molar-refractivity contribution in [2.24, 2.45) is 0 Å². The van der Waals surface area contributed by atoms with Gasteiger partial charge < -0.3 is 14.5 Å². The second-order valence-corrected chi connectivity index (χ2v) is 11.8. The van der Waals surface area contributed by atoms with Crippen molar-refractivity contribution >= 4 is 33.7 Å². The Labute approximate surface area is 223 Å². The second kappa shape index (κ2) is 9.35. The van der Waals surface area contributed by atoms with Gasteiger partial charge in [-0.3, -0.25) is 9.59 Å². The van der Waals surface area contributed by atoms with Crippen LogP contribution in [0.1, 0.15) is 37.8 Å². The first-order chi connectivity index (χ1) is 18.8. The number of carbonyl (C=O) groups excluding carboxylic acids is 4. The molecule has 0 radical (unpaired) electrons. The first kappa shape index (κ1) is 24.8. The van der Waals surface area contributed by atoms with E-state index in [1.54, 1.807) is 12.1 Å². The van der Waals surface area contributed by atoms with Crippen LogP contribution in [0.3, 0.4) is 0 Å². The van der Waals surface area contributed by atoms with Crippen LogP contribution in [0.2, 0.25) is 0 Å². The minimum atomic E-state index is -4.02. The van der Waals surface area contributed by atoms with Crippen molar-refractivity contribution < 1.29 is 37.2 Å².